The van der Waals surface area contributed by atoms with Crippen LogP contribution in [-0.4, -0.2) is 46.8 Å². The number of aliphatic hydroxyl groups is 1. The molecular weight excluding hydrogens is 464 g/mol. The standard InChI is InChI=1S/C31H34N2O2S/c34-29-17-18-31(24-9-3-1-4-10-24,25-11-5-2-6-12-25)28-22-33(21-27(28)29)36-30(35)23-13-15-26(16-14-23)32-19-7-8-20-32/h1-6,9-16,27-29,34H,7-8,17-22H2. The fourth-order valence-corrected chi connectivity index (χ4v) is 7.82. The Morgan fingerprint density at radius 2 is 1.44 bits per heavy atom. The maximum Gasteiger partial charge on any atom is 0.234 e. The highest BCUT2D eigenvalue weighted by Gasteiger charge is 2.54. The van der Waals surface area contributed by atoms with E-state index in [4.69, 9.17) is 0 Å². The second-order valence-electron chi connectivity index (χ2n) is 10.5. The van der Waals surface area contributed by atoms with E-state index in [2.05, 4.69) is 82.0 Å². The SMILES string of the molecule is O=C(SN1CC2C(O)CCC(c3ccccc3)(c3ccccc3)C2C1)c1ccc(N2CCCC2)cc1. The average molecular weight is 499 g/mol. The molecule has 3 fully saturated rings. The number of aliphatic hydroxyl groups excluding tert-OH is 1. The molecule has 3 unspecified atom stereocenters. The number of hydrogen-bond donors (Lipinski definition) is 1. The van der Waals surface area contributed by atoms with Crippen molar-refractivity contribution in [3.63, 3.8) is 0 Å². The summed E-state index contributed by atoms with van der Waals surface area (Å²) in [7, 11) is 0. The molecule has 2 aliphatic heterocycles. The normalized spacial score (nSPS) is 25.6. The van der Waals surface area contributed by atoms with E-state index in [1.807, 2.05) is 12.1 Å². The maximum absolute atomic E-state index is 13.3. The lowest BCUT2D eigenvalue weighted by atomic mass is 9.56. The van der Waals surface area contributed by atoms with Crippen LogP contribution in [0.2, 0.25) is 0 Å². The zero-order valence-corrected chi connectivity index (χ0v) is 21.4. The van der Waals surface area contributed by atoms with E-state index < -0.39 is 0 Å². The van der Waals surface area contributed by atoms with Gasteiger partial charge in [-0.2, -0.15) is 0 Å². The Morgan fingerprint density at radius 3 is 2.06 bits per heavy atom. The first-order chi connectivity index (χ1) is 17.6. The van der Waals surface area contributed by atoms with Crippen LogP contribution in [0, 0.1) is 11.8 Å². The third-order valence-corrected chi connectivity index (χ3v) is 9.62. The second-order valence-corrected chi connectivity index (χ2v) is 11.6. The summed E-state index contributed by atoms with van der Waals surface area (Å²) in [6.07, 6.45) is 3.83. The Morgan fingerprint density at radius 1 is 0.833 bits per heavy atom. The monoisotopic (exact) mass is 498 g/mol. The topological polar surface area (TPSA) is 43.8 Å². The van der Waals surface area contributed by atoms with Crippen LogP contribution in [0.15, 0.2) is 84.9 Å². The van der Waals surface area contributed by atoms with Gasteiger partial charge in [-0.15, -0.1) is 0 Å². The quantitative estimate of drug-likeness (QED) is 0.453. The molecule has 3 aromatic carbocycles. The Labute approximate surface area is 218 Å². The van der Waals surface area contributed by atoms with Gasteiger partial charge in [0.25, 0.3) is 0 Å². The van der Waals surface area contributed by atoms with Crippen LogP contribution in [0.5, 0.6) is 0 Å². The number of nitrogens with zero attached hydrogens (tertiary/aromatic N) is 2. The molecule has 2 saturated heterocycles. The molecule has 3 aromatic rings. The van der Waals surface area contributed by atoms with Crippen molar-refractivity contribution in [2.24, 2.45) is 11.8 Å². The maximum atomic E-state index is 13.3. The average Bonchev–Trinajstić information content (AvgIpc) is 3.62. The summed E-state index contributed by atoms with van der Waals surface area (Å²) in [4.78, 5) is 15.7. The predicted molar refractivity (Wildman–Crippen MR) is 147 cm³/mol. The van der Waals surface area contributed by atoms with Gasteiger partial charge in [-0.05, 0) is 67.0 Å². The van der Waals surface area contributed by atoms with E-state index in [0.29, 0.717) is 0 Å². The number of hydrogen-bond acceptors (Lipinski definition) is 5. The first kappa shape index (κ1) is 23.8. The van der Waals surface area contributed by atoms with Gasteiger partial charge in [0, 0.05) is 60.7 Å². The van der Waals surface area contributed by atoms with E-state index in [1.54, 1.807) is 0 Å². The summed E-state index contributed by atoms with van der Waals surface area (Å²) in [5, 5.41) is 11.2. The van der Waals surface area contributed by atoms with Crippen LogP contribution in [0.4, 0.5) is 5.69 Å². The molecule has 6 rings (SSSR count). The third-order valence-electron chi connectivity index (χ3n) is 8.66. The van der Waals surface area contributed by atoms with Crippen molar-refractivity contribution in [2.45, 2.75) is 37.2 Å². The van der Waals surface area contributed by atoms with E-state index in [0.717, 1.165) is 44.6 Å². The predicted octanol–water partition coefficient (Wildman–Crippen LogP) is 5.76. The van der Waals surface area contributed by atoms with Crippen LogP contribution in [0.3, 0.4) is 0 Å². The molecule has 0 radical (unpaired) electrons. The van der Waals surface area contributed by atoms with Crippen molar-refractivity contribution >= 4 is 22.8 Å². The molecule has 5 heteroatoms. The molecule has 3 atom stereocenters. The minimum Gasteiger partial charge on any atom is -0.393 e. The van der Waals surface area contributed by atoms with Crippen molar-refractivity contribution in [1.29, 1.82) is 0 Å². The van der Waals surface area contributed by atoms with Gasteiger partial charge in [-0.3, -0.25) is 4.79 Å². The molecule has 2 heterocycles. The number of anilines is 1. The van der Waals surface area contributed by atoms with E-state index in [-0.39, 0.29) is 28.5 Å². The summed E-state index contributed by atoms with van der Waals surface area (Å²) >= 11 is 1.33. The van der Waals surface area contributed by atoms with Crippen LogP contribution in [-0.2, 0) is 5.41 Å². The number of fused-ring (bicyclic) bond motifs is 1. The molecule has 1 saturated carbocycles. The summed E-state index contributed by atoms with van der Waals surface area (Å²) in [5.74, 6) is 0.376. The number of carbonyl (C=O) groups is 1. The van der Waals surface area contributed by atoms with Gasteiger partial charge in [-0.25, -0.2) is 4.31 Å². The fourth-order valence-electron chi connectivity index (χ4n) is 6.86. The summed E-state index contributed by atoms with van der Waals surface area (Å²) in [5.41, 5.74) is 4.42. The highest BCUT2D eigenvalue weighted by atomic mass is 32.2. The van der Waals surface area contributed by atoms with Gasteiger partial charge in [0.1, 0.15) is 0 Å². The van der Waals surface area contributed by atoms with Gasteiger partial charge in [0.2, 0.25) is 5.12 Å². The summed E-state index contributed by atoms with van der Waals surface area (Å²) in [6.45, 7) is 3.72. The first-order valence-electron chi connectivity index (χ1n) is 13.3. The van der Waals surface area contributed by atoms with Gasteiger partial charge >= 0.3 is 0 Å². The molecule has 186 valence electrons. The van der Waals surface area contributed by atoms with Crippen molar-refractivity contribution < 1.29 is 9.90 Å². The largest absolute Gasteiger partial charge is 0.393 e. The Kier molecular flexibility index (Phi) is 6.63. The molecule has 36 heavy (non-hydrogen) atoms. The van der Waals surface area contributed by atoms with Crippen LogP contribution in [0.25, 0.3) is 0 Å². The summed E-state index contributed by atoms with van der Waals surface area (Å²) < 4.78 is 2.21. The van der Waals surface area contributed by atoms with E-state index in [9.17, 15) is 9.90 Å². The number of benzene rings is 3. The molecule has 0 aromatic heterocycles. The minimum atomic E-state index is -0.337. The van der Waals surface area contributed by atoms with E-state index >= 15 is 0 Å². The molecule has 0 amide bonds. The van der Waals surface area contributed by atoms with Gasteiger partial charge in [-0.1, -0.05) is 60.7 Å². The number of rotatable bonds is 5. The molecule has 3 aliphatic rings. The molecular formula is C31H34N2O2S. The Hall–Kier alpha value is -2.60. The molecule has 1 aliphatic carbocycles. The van der Waals surface area contributed by atoms with Crippen molar-refractivity contribution in [3.8, 4) is 0 Å². The minimum absolute atomic E-state index is 0.0844. The molecule has 0 bridgehead atoms. The zero-order valence-electron chi connectivity index (χ0n) is 20.6. The Balaban J connectivity index is 1.25. The fraction of sp³-hybridized carbons (Fsp3) is 0.387. The highest BCUT2D eigenvalue weighted by molar-refractivity contribution is 8.12. The second kappa shape index (κ2) is 10.0. The smallest absolute Gasteiger partial charge is 0.234 e. The van der Waals surface area contributed by atoms with Gasteiger partial charge in [0.15, 0.2) is 0 Å². The summed E-state index contributed by atoms with van der Waals surface area (Å²) in [6, 6.07) is 29.7. The van der Waals surface area contributed by atoms with Crippen LogP contribution >= 0.6 is 11.9 Å². The van der Waals surface area contributed by atoms with Crippen LogP contribution in [0.1, 0.15) is 47.2 Å². The lowest BCUT2D eigenvalue weighted by molar-refractivity contribution is 0.0237. The van der Waals surface area contributed by atoms with Crippen LogP contribution < -0.4 is 4.90 Å². The first-order valence-corrected chi connectivity index (χ1v) is 14.0. The highest BCUT2D eigenvalue weighted by Crippen LogP contribution is 2.54. The lowest BCUT2D eigenvalue weighted by Crippen LogP contribution is -2.48. The van der Waals surface area contributed by atoms with Crippen molar-refractivity contribution in [3.05, 3.63) is 102 Å². The van der Waals surface area contributed by atoms with Gasteiger partial charge in [0.05, 0.1) is 6.10 Å². The van der Waals surface area contributed by atoms with Gasteiger partial charge < -0.3 is 10.0 Å². The van der Waals surface area contributed by atoms with Crippen molar-refractivity contribution in [2.75, 3.05) is 31.1 Å². The zero-order chi connectivity index (χ0) is 24.5. The molecule has 1 N–H and O–H groups in total. The molecule has 4 nitrogen and oxygen atoms in total. The van der Waals surface area contributed by atoms with Crippen molar-refractivity contribution in [1.82, 2.24) is 4.31 Å². The third kappa shape index (κ3) is 4.27. The Bertz CT molecular complexity index is 1140. The molecule has 0 spiro atoms. The lowest BCUT2D eigenvalue weighted by Gasteiger charge is -2.48. The van der Waals surface area contributed by atoms with E-state index in [1.165, 1.54) is 41.6 Å². The number of carbonyl (C=O) groups excluding carboxylic acids is 1.